The quantitative estimate of drug-likeness (QED) is 0.918. The highest BCUT2D eigenvalue weighted by atomic mass is 32.1. The van der Waals surface area contributed by atoms with E-state index in [4.69, 9.17) is 0 Å². The highest BCUT2D eigenvalue weighted by Crippen LogP contribution is 2.16. The zero-order valence-electron chi connectivity index (χ0n) is 10.5. The van der Waals surface area contributed by atoms with Gasteiger partial charge in [-0.1, -0.05) is 0 Å². The first-order chi connectivity index (χ1) is 8.58. The number of pyridine rings is 1. The maximum absolute atomic E-state index is 12.1. The third-order valence-corrected chi connectivity index (χ3v) is 3.50. The molecule has 0 aliphatic rings. The fraction of sp³-hybridized carbons (Fsp3) is 0.385. The summed E-state index contributed by atoms with van der Waals surface area (Å²) in [6, 6.07) is 3.88. The number of amides is 1. The Morgan fingerprint density at radius 2 is 2.22 bits per heavy atom. The van der Waals surface area contributed by atoms with Gasteiger partial charge in [0.1, 0.15) is 0 Å². The van der Waals surface area contributed by atoms with E-state index in [9.17, 15) is 9.59 Å². The average Bonchev–Trinajstić information content (AvgIpc) is 2.76. The molecule has 96 valence electrons. The van der Waals surface area contributed by atoms with Gasteiger partial charge in [-0.15, -0.1) is 11.3 Å². The number of carbonyl (C=O) groups excluding carboxylic acids is 1. The number of aromatic nitrogens is 1. The van der Waals surface area contributed by atoms with Gasteiger partial charge in [-0.05, 0) is 31.4 Å². The third-order valence-electron chi connectivity index (χ3n) is 2.62. The highest BCUT2D eigenvalue weighted by Gasteiger charge is 2.06. The number of carbonyl (C=O) groups is 1. The van der Waals surface area contributed by atoms with E-state index in [0.717, 1.165) is 10.1 Å². The molecule has 2 aromatic heterocycles. The van der Waals surface area contributed by atoms with Crippen molar-refractivity contribution in [2.24, 2.45) is 0 Å². The predicted molar refractivity (Wildman–Crippen MR) is 74.0 cm³/mol. The Bertz CT molecular complexity index is 613. The number of fused-ring (bicyclic) bond motifs is 1. The molecule has 1 N–H and O–H groups in total. The van der Waals surface area contributed by atoms with Crippen LogP contribution in [0.2, 0.25) is 0 Å². The van der Waals surface area contributed by atoms with Crippen LogP contribution < -0.4 is 10.9 Å². The van der Waals surface area contributed by atoms with Gasteiger partial charge < -0.3 is 9.88 Å². The molecule has 0 saturated heterocycles. The van der Waals surface area contributed by atoms with Gasteiger partial charge in [-0.3, -0.25) is 9.59 Å². The summed E-state index contributed by atoms with van der Waals surface area (Å²) in [5.74, 6) is -0.0256. The highest BCUT2D eigenvalue weighted by molar-refractivity contribution is 7.17. The number of rotatable bonds is 4. The standard InChI is InChI=1S/C13H16N2O2S/c1-9(2)14-12(16)4-7-15-6-3-11-10(13(15)17)5-8-18-11/h3,5-6,8-9H,4,7H2,1-2H3,(H,14,16). The van der Waals surface area contributed by atoms with Gasteiger partial charge in [-0.2, -0.15) is 0 Å². The molecule has 4 nitrogen and oxygen atoms in total. The lowest BCUT2D eigenvalue weighted by molar-refractivity contribution is -0.121. The smallest absolute Gasteiger partial charge is 0.259 e. The first kappa shape index (κ1) is 12.8. The molecule has 2 aromatic rings. The maximum Gasteiger partial charge on any atom is 0.259 e. The monoisotopic (exact) mass is 264 g/mol. The van der Waals surface area contributed by atoms with Crippen LogP contribution in [0.3, 0.4) is 0 Å². The lowest BCUT2D eigenvalue weighted by Crippen LogP contribution is -2.31. The van der Waals surface area contributed by atoms with Crippen molar-refractivity contribution in [3.05, 3.63) is 34.1 Å². The minimum Gasteiger partial charge on any atom is -0.354 e. The van der Waals surface area contributed by atoms with Gasteiger partial charge >= 0.3 is 0 Å². The van der Waals surface area contributed by atoms with Crippen molar-refractivity contribution in [3.63, 3.8) is 0 Å². The van der Waals surface area contributed by atoms with Crippen molar-refractivity contribution >= 4 is 27.3 Å². The van der Waals surface area contributed by atoms with Crippen molar-refractivity contribution in [1.29, 1.82) is 0 Å². The number of nitrogens with one attached hydrogen (secondary N) is 1. The summed E-state index contributed by atoms with van der Waals surface area (Å²) in [7, 11) is 0. The number of aryl methyl sites for hydroxylation is 1. The van der Waals surface area contributed by atoms with E-state index in [-0.39, 0.29) is 17.5 Å². The van der Waals surface area contributed by atoms with Gasteiger partial charge in [-0.25, -0.2) is 0 Å². The first-order valence-corrected chi connectivity index (χ1v) is 6.82. The van der Waals surface area contributed by atoms with Crippen LogP contribution >= 0.6 is 11.3 Å². The zero-order valence-corrected chi connectivity index (χ0v) is 11.3. The molecule has 0 fully saturated rings. The Morgan fingerprint density at radius 3 is 2.94 bits per heavy atom. The van der Waals surface area contributed by atoms with Crippen LogP contribution in [0.1, 0.15) is 20.3 Å². The van der Waals surface area contributed by atoms with Gasteiger partial charge in [0, 0.05) is 29.9 Å². The molecular weight excluding hydrogens is 248 g/mol. The molecule has 0 spiro atoms. The molecule has 0 atom stereocenters. The summed E-state index contributed by atoms with van der Waals surface area (Å²) in [6.07, 6.45) is 2.08. The third kappa shape index (κ3) is 2.79. The molecule has 0 saturated carbocycles. The number of thiophene rings is 1. The van der Waals surface area contributed by atoms with Crippen LogP contribution in [-0.2, 0) is 11.3 Å². The Kier molecular flexibility index (Phi) is 3.81. The van der Waals surface area contributed by atoms with E-state index in [1.807, 2.05) is 31.4 Å². The maximum atomic E-state index is 12.1. The van der Waals surface area contributed by atoms with Crippen molar-refractivity contribution in [2.75, 3.05) is 0 Å². The van der Waals surface area contributed by atoms with Crippen molar-refractivity contribution in [2.45, 2.75) is 32.9 Å². The van der Waals surface area contributed by atoms with Crippen LogP contribution in [-0.4, -0.2) is 16.5 Å². The summed E-state index contributed by atoms with van der Waals surface area (Å²) >= 11 is 1.55. The molecule has 2 heterocycles. The number of hydrogen-bond acceptors (Lipinski definition) is 3. The van der Waals surface area contributed by atoms with Crippen molar-refractivity contribution in [1.82, 2.24) is 9.88 Å². The summed E-state index contributed by atoms with van der Waals surface area (Å²) in [5.41, 5.74) is -0.0221. The molecule has 0 radical (unpaired) electrons. The lowest BCUT2D eigenvalue weighted by atomic mass is 10.3. The van der Waals surface area contributed by atoms with Crippen LogP contribution in [0.25, 0.3) is 10.1 Å². The second kappa shape index (κ2) is 5.35. The zero-order chi connectivity index (χ0) is 13.1. The second-order valence-corrected chi connectivity index (χ2v) is 5.43. The second-order valence-electron chi connectivity index (χ2n) is 4.49. The van der Waals surface area contributed by atoms with E-state index in [1.54, 1.807) is 22.1 Å². The number of hydrogen-bond donors (Lipinski definition) is 1. The minimum absolute atomic E-state index is 0.0221. The molecule has 0 bridgehead atoms. The normalized spacial score (nSPS) is 11.1. The molecule has 1 amide bonds. The van der Waals surface area contributed by atoms with E-state index in [1.165, 1.54) is 0 Å². The van der Waals surface area contributed by atoms with Gasteiger partial charge in [0.25, 0.3) is 5.56 Å². The Morgan fingerprint density at radius 1 is 1.44 bits per heavy atom. The van der Waals surface area contributed by atoms with E-state index in [2.05, 4.69) is 5.32 Å². The fourth-order valence-corrected chi connectivity index (χ4v) is 2.57. The van der Waals surface area contributed by atoms with Gasteiger partial charge in [0.05, 0.1) is 5.39 Å². The van der Waals surface area contributed by atoms with Crippen LogP contribution in [0.4, 0.5) is 0 Å². The number of nitrogens with zero attached hydrogens (tertiary/aromatic N) is 1. The summed E-state index contributed by atoms with van der Waals surface area (Å²) in [5, 5.41) is 5.45. The molecule has 0 unspecified atom stereocenters. The SMILES string of the molecule is CC(C)NC(=O)CCn1ccc2sccc2c1=O. The fourth-order valence-electron chi connectivity index (χ4n) is 1.80. The summed E-state index contributed by atoms with van der Waals surface area (Å²) in [6.45, 7) is 4.26. The molecule has 0 aliphatic heterocycles. The largest absolute Gasteiger partial charge is 0.354 e. The van der Waals surface area contributed by atoms with E-state index >= 15 is 0 Å². The van der Waals surface area contributed by atoms with E-state index < -0.39 is 0 Å². The van der Waals surface area contributed by atoms with E-state index in [0.29, 0.717) is 13.0 Å². The topological polar surface area (TPSA) is 51.1 Å². The van der Waals surface area contributed by atoms with Crippen molar-refractivity contribution < 1.29 is 4.79 Å². The minimum atomic E-state index is -0.0256. The van der Waals surface area contributed by atoms with Gasteiger partial charge in [0.15, 0.2) is 0 Å². The molecular formula is C13H16N2O2S. The summed E-state index contributed by atoms with van der Waals surface area (Å²) < 4.78 is 2.58. The van der Waals surface area contributed by atoms with Crippen LogP contribution in [0, 0.1) is 0 Å². The van der Waals surface area contributed by atoms with Gasteiger partial charge in [0.2, 0.25) is 5.91 Å². The Labute approximate surface area is 109 Å². The Hall–Kier alpha value is -1.62. The predicted octanol–water partition coefficient (Wildman–Crippen LogP) is 1.98. The molecule has 0 aromatic carbocycles. The average molecular weight is 264 g/mol. The molecule has 0 aliphatic carbocycles. The molecule has 2 rings (SSSR count). The lowest BCUT2D eigenvalue weighted by Gasteiger charge is -2.09. The molecule has 5 heteroatoms. The van der Waals surface area contributed by atoms with Crippen LogP contribution in [0.15, 0.2) is 28.5 Å². The first-order valence-electron chi connectivity index (χ1n) is 5.94. The summed E-state index contributed by atoms with van der Waals surface area (Å²) in [4.78, 5) is 23.6. The molecule has 18 heavy (non-hydrogen) atoms. The van der Waals surface area contributed by atoms with Crippen LogP contribution in [0.5, 0.6) is 0 Å². The Balaban J connectivity index is 2.10. The van der Waals surface area contributed by atoms with Crippen molar-refractivity contribution in [3.8, 4) is 0 Å².